The Hall–Kier alpha value is -2.49. The Morgan fingerprint density at radius 3 is 2.95 bits per heavy atom. The normalized spacial score (nSPS) is 10.8. The number of carbonyl (C=O) groups excluding carboxylic acids is 1. The van der Waals surface area contributed by atoms with E-state index in [1.54, 1.807) is 0 Å². The second-order valence-corrected chi connectivity index (χ2v) is 4.54. The van der Waals surface area contributed by atoms with Crippen LogP contribution in [0.2, 0.25) is 0 Å². The minimum Gasteiger partial charge on any atom is -0.361 e. The second-order valence-electron chi connectivity index (χ2n) is 4.54. The van der Waals surface area contributed by atoms with Gasteiger partial charge in [0.2, 0.25) is 0 Å². The van der Waals surface area contributed by atoms with Crippen molar-refractivity contribution in [3.05, 3.63) is 60.0 Å². The van der Waals surface area contributed by atoms with Gasteiger partial charge in [0.25, 0.3) is 5.91 Å². The Bertz CT molecular complexity index is 724. The summed E-state index contributed by atoms with van der Waals surface area (Å²) < 4.78 is 2.00. The van der Waals surface area contributed by atoms with Gasteiger partial charge in [0.05, 0.1) is 6.54 Å². The van der Waals surface area contributed by atoms with Gasteiger partial charge in [0.15, 0.2) is 0 Å². The predicted molar refractivity (Wildman–Crippen MR) is 74.9 cm³/mol. The largest absolute Gasteiger partial charge is 0.361 e. The lowest BCUT2D eigenvalue weighted by Gasteiger charge is -2.07. The molecule has 0 saturated heterocycles. The summed E-state index contributed by atoms with van der Waals surface area (Å²) in [5.41, 5.74) is 2.76. The molecule has 0 aliphatic heterocycles. The fourth-order valence-corrected chi connectivity index (χ4v) is 2.23. The Kier molecular flexibility index (Phi) is 2.83. The second kappa shape index (κ2) is 4.65. The molecule has 19 heavy (non-hydrogen) atoms. The molecule has 2 aromatic heterocycles. The van der Waals surface area contributed by atoms with Crippen molar-refractivity contribution in [1.29, 1.82) is 0 Å². The molecule has 0 fully saturated rings. The summed E-state index contributed by atoms with van der Waals surface area (Å²) in [6.07, 6.45) is 3.81. The van der Waals surface area contributed by atoms with Gasteiger partial charge in [-0.25, -0.2) is 0 Å². The molecule has 3 rings (SSSR count). The zero-order valence-corrected chi connectivity index (χ0v) is 10.7. The van der Waals surface area contributed by atoms with Crippen LogP contribution in [0.4, 0.5) is 0 Å². The van der Waals surface area contributed by atoms with Crippen LogP contribution in [0.15, 0.2) is 48.8 Å². The van der Waals surface area contributed by atoms with E-state index in [-0.39, 0.29) is 5.91 Å². The van der Waals surface area contributed by atoms with Crippen molar-refractivity contribution >= 4 is 16.8 Å². The monoisotopic (exact) mass is 253 g/mol. The summed E-state index contributed by atoms with van der Waals surface area (Å²) in [5, 5.41) is 3.90. The van der Waals surface area contributed by atoms with Crippen LogP contribution >= 0.6 is 0 Å². The molecule has 0 atom stereocenters. The van der Waals surface area contributed by atoms with Crippen molar-refractivity contribution in [3.8, 4) is 0 Å². The maximum absolute atomic E-state index is 12.2. The van der Waals surface area contributed by atoms with E-state index in [1.807, 2.05) is 60.4 Å². The zero-order chi connectivity index (χ0) is 13.2. The fraction of sp³-hybridized carbons (Fsp3) is 0.133. The average molecular weight is 253 g/mol. The van der Waals surface area contributed by atoms with Gasteiger partial charge in [0.1, 0.15) is 0 Å². The Balaban J connectivity index is 1.81. The van der Waals surface area contributed by atoms with Crippen molar-refractivity contribution in [3.63, 3.8) is 0 Å². The highest BCUT2D eigenvalue weighted by atomic mass is 16.1. The van der Waals surface area contributed by atoms with Crippen LogP contribution < -0.4 is 5.32 Å². The van der Waals surface area contributed by atoms with Crippen LogP contribution in [-0.4, -0.2) is 15.5 Å². The Labute approximate surface area is 111 Å². The number of nitrogens with zero attached hydrogens (tertiary/aromatic N) is 1. The number of aromatic nitrogens is 2. The van der Waals surface area contributed by atoms with Crippen LogP contribution in [0.1, 0.15) is 16.1 Å². The molecular weight excluding hydrogens is 238 g/mol. The number of aromatic amines is 1. The quantitative estimate of drug-likeness (QED) is 0.740. The van der Waals surface area contributed by atoms with Gasteiger partial charge in [-0.05, 0) is 30.3 Å². The first-order chi connectivity index (χ1) is 9.25. The van der Waals surface area contributed by atoms with Crippen molar-refractivity contribution in [2.75, 3.05) is 0 Å². The number of hydrogen-bond donors (Lipinski definition) is 2. The minimum absolute atomic E-state index is 0.0496. The van der Waals surface area contributed by atoms with Crippen molar-refractivity contribution in [2.24, 2.45) is 7.05 Å². The third kappa shape index (κ3) is 2.12. The molecule has 0 spiro atoms. The molecule has 0 saturated carbocycles. The van der Waals surface area contributed by atoms with Crippen LogP contribution in [0, 0.1) is 0 Å². The number of benzene rings is 1. The molecule has 1 aromatic carbocycles. The summed E-state index contributed by atoms with van der Waals surface area (Å²) in [4.78, 5) is 15.3. The standard InChI is InChI=1S/C15H15N3O/c1-18-9-3-4-11(18)10-17-15(19)13-5-2-6-14-12(13)7-8-16-14/h2-9,16H,10H2,1H3,(H,17,19). The van der Waals surface area contributed by atoms with E-state index in [2.05, 4.69) is 10.3 Å². The third-order valence-electron chi connectivity index (χ3n) is 3.32. The maximum atomic E-state index is 12.2. The molecule has 0 bridgehead atoms. The van der Waals surface area contributed by atoms with Crippen molar-refractivity contribution in [1.82, 2.24) is 14.9 Å². The van der Waals surface area contributed by atoms with E-state index >= 15 is 0 Å². The molecule has 1 amide bonds. The van der Waals surface area contributed by atoms with Gasteiger partial charge >= 0.3 is 0 Å². The van der Waals surface area contributed by atoms with Gasteiger partial charge in [-0.1, -0.05) is 6.07 Å². The lowest BCUT2D eigenvalue weighted by atomic mass is 10.1. The molecule has 96 valence electrons. The molecule has 0 unspecified atom stereocenters. The molecule has 2 N–H and O–H groups in total. The predicted octanol–water partition coefficient (Wildman–Crippen LogP) is 2.44. The summed E-state index contributed by atoms with van der Waals surface area (Å²) >= 11 is 0. The highest BCUT2D eigenvalue weighted by Crippen LogP contribution is 2.17. The smallest absolute Gasteiger partial charge is 0.252 e. The lowest BCUT2D eigenvalue weighted by molar-refractivity contribution is 0.0952. The number of rotatable bonds is 3. The van der Waals surface area contributed by atoms with E-state index in [9.17, 15) is 4.79 Å². The van der Waals surface area contributed by atoms with Gasteiger partial charge < -0.3 is 14.9 Å². The average Bonchev–Trinajstić information content (AvgIpc) is 3.04. The number of carbonyl (C=O) groups is 1. The number of aryl methyl sites for hydroxylation is 1. The van der Waals surface area contributed by atoms with E-state index < -0.39 is 0 Å². The summed E-state index contributed by atoms with van der Waals surface area (Å²) in [5.74, 6) is -0.0496. The number of amides is 1. The zero-order valence-electron chi connectivity index (χ0n) is 10.7. The molecule has 2 heterocycles. The first-order valence-electron chi connectivity index (χ1n) is 6.20. The number of hydrogen-bond acceptors (Lipinski definition) is 1. The minimum atomic E-state index is -0.0496. The molecule has 4 nitrogen and oxygen atoms in total. The molecule has 3 aromatic rings. The van der Waals surface area contributed by atoms with Gasteiger partial charge in [0, 0.05) is 41.6 Å². The molecule has 0 aliphatic rings. The highest BCUT2D eigenvalue weighted by Gasteiger charge is 2.10. The van der Waals surface area contributed by atoms with E-state index in [4.69, 9.17) is 0 Å². The van der Waals surface area contributed by atoms with Crippen LogP contribution in [-0.2, 0) is 13.6 Å². The summed E-state index contributed by atoms with van der Waals surface area (Å²) in [6, 6.07) is 11.6. The number of fused-ring (bicyclic) bond motifs is 1. The van der Waals surface area contributed by atoms with E-state index in [0.717, 1.165) is 16.6 Å². The van der Waals surface area contributed by atoms with Crippen molar-refractivity contribution in [2.45, 2.75) is 6.54 Å². The van der Waals surface area contributed by atoms with Crippen molar-refractivity contribution < 1.29 is 4.79 Å². The molecule has 0 radical (unpaired) electrons. The van der Waals surface area contributed by atoms with Gasteiger partial charge in [-0.3, -0.25) is 4.79 Å². The van der Waals surface area contributed by atoms with Gasteiger partial charge in [-0.15, -0.1) is 0 Å². The first-order valence-corrected chi connectivity index (χ1v) is 6.20. The maximum Gasteiger partial charge on any atom is 0.252 e. The SMILES string of the molecule is Cn1cccc1CNC(=O)c1cccc2[nH]ccc12. The fourth-order valence-electron chi connectivity index (χ4n) is 2.23. The third-order valence-corrected chi connectivity index (χ3v) is 3.32. The number of nitrogens with one attached hydrogen (secondary N) is 2. The summed E-state index contributed by atoms with van der Waals surface area (Å²) in [6.45, 7) is 0.531. The lowest BCUT2D eigenvalue weighted by Crippen LogP contribution is -2.23. The first kappa shape index (κ1) is 11.6. The topological polar surface area (TPSA) is 49.8 Å². The van der Waals surface area contributed by atoms with Crippen LogP contribution in [0.25, 0.3) is 10.9 Å². The van der Waals surface area contributed by atoms with E-state index in [1.165, 1.54) is 0 Å². The van der Waals surface area contributed by atoms with Gasteiger partial charge in [-0.2, -0.15) is 0 Å². The molecule has 0 aliphatic carbocycles. The van der Waals surface area contributed by atoms with E-state index in [0.29, 0.717) is 12.1 Å². The molecular formula is C15H15N3O. The molecule has 4 heteroatoms. The Morgan fingerprint density at radius 2 is 2.16 bits per heavy atom. The number of H-pyrrole nitrogens is 1. The highest BCUT2D eigenvalue weighted by molar-refractivity contribution is 6.06. The van der Waals surface area contributed by atoms with Crippen LogP contribution in [0.5, 0.6) is 0 Å². The van der Waals surface area contributed by atoms with Crippen LogP contribution in [0.3, 0.4) is 0 Å². The summed E-state index contributed by atoms with van der Waals surface area (Å²) in [7, 11) is 1.97. The Morgan fingerprint density at radius 1 is 1.26 bits per heavy atom.